The lowest BCUT2D eigenvalue weighted by Crippen LogP contribution is -2.28. The van der Waals surface area contributed by atoms with Crippen molar-refractivity contribution >= 4 is 5.97 Å². The lowest BCUT2D eigenvalue weighted by atomic mass is 9.98. The highest BCUT2D eigenvalue weighted by molar-refractivity contribution is 5.68. The van der Waals surface area contributed by atoms with Gasteiger partial charge in [0.1, 0.15) is 0 Å². The van der Waals surface area contributed by atoms with Gasteiger partial charge in [-0.2, -0.15) is 0 Å². The molecule has 0 atom stereocenters. The molecular weight excluding hydrogens is 166 g/mol. The van der Waals surface area contributed by atoms with E-state index in [1.54, 1.807) is 0 Å². The van der Waals surface area contributed by atoms with Gasteiger partial charge in [0.25, 0.3) is 0 Å². The van der Waals surface area contributed by atoms with Crippen LogP contribution in [0.25, 0.3) is 0 Å². The van der Waals surface area contributed by atoms with Crippen LogP contribution in [0.5, 0.6) is 0 Å². The highest BCUT2D eigenvalue weighted by Crippen LogP contribution is 2.11. The van der Waals surface area contributed by atoms with E-state index in [1.165, 1.54) is 25.7 Å². The van der Waals surface area contributed by atoms with E-state index in [4.69, 9.17) is 5.11 Å². The van der Waals surface area contributed by atoms with Gasteiger partial charge in [-0.05, 0) is 25.3 Å². The topological polar surface area (TPSA) is 49.3 Å². The van der Waals surface area contributed by atoms with Crippen molar-refractivity contribution < 1.29 is 9.90 Å². The fraction of sp³-hybridized carbons (Fsp3) is 0.900. The monoisotopic (exact) mass is 187 g/mol. The molecule has 0 rings (SSSR count). The van der Waals surface area contributed by atoms with Crippen LogP contribution in [0.2, 0.25) is 0 Å². The van der Waals surface area contributed by atoms with E-state index < -0.39 is 5.97 Å². The molecule has 0 fully saturated rings. The third-order valence-electron chi connectivity index (χ3n) is 2.10. The summed E-state index contributed by atoms with van der Waals surface area (Å²) in [5, 5.41) is 11.4. The van der Waals surface area contributed by atoms with Gasteiger partial charge < -0.3 is 10.4 Å². The molecule has 0 aromatic heterocycles. The highest BCUT2D eigenvalue weighted by Gasteiger charge is 2.06. The Morgan fingerprint density at radius 2 is 1.85 bits per heavy atom. The number of carboxylic acids is 1. The largest absolute Gasteiger partial charge is 0.480 e. The number of hydrogen-bond acceptors (Lipinski definition) is 2. The predicted molar refractivity (Wildman–Crippen MR) is 53.8 cm³/mol. The lowest BCUT2D eigenvalue weighted by molar-refractivity contribution is -0.136. The zero-order chi connectivity index (χ0) is 10.1. The summed E-state index contributed by atoms with van der Waals surface area (Å²) >= 11 is 0. The van der Waals surface area contributed by atoms with Gasteiger partial charge in [0, 0.05) is 0 Å². The van der Waals surface area contributed by atoms with Gasteiger partial charge in [0.15, 0.2) is 0 Å². The summed E-state index contributed by atoms with van der Waals surface area (Å²) in [7, 11) is 0. The van der Waals surface area contributed by atoms with Crippen LogP contribution in [0.1, 0.15) is 39.5 Å². The lowest BCUT2D eigenvalue weighted by Gasteiger charge is -2.14. The second-order valence-corrected chi connectivity index (χ2v) is 3.47. The van der Waals surface area contributed by atoms with Crippen LogP contribution >= 0.6 is 0 Å². The smallest absolute Gasteiger partial charge is 0.317 e. The Bertz CT molecular complexity index is 131. The molecule has 0 saturated heterocycles. The molecule has 0 radical (unpaired) electrons. The molecule has 0 aliphatic rings. The molecule has 13 heavy (non-hydrogen) atoms. The normalized spacial score (nSPS) is 10.7. The molecule has 0 saturated carbocycles. The van der Waals surface area contributed by atoms with E-state index in [0.29, 0.717) is 5.92 Å². The summed E-state index contributed by atoms with van der Waals surface area (Å²) in [4.78, 5) is 10.2. The van der Waals surface area contributed by atoms with Gasteiger partial charge in [0.05, 0.1) is 6.54 Å². The minimum Gasteiger partial charge on any atom is -0.480 e. The summed E-state index contributed by atoms with van der Waals surface area (Å²) in [6.07, 6.45) is 4.75. The minimum absolute atomic E-state index is 0.0872. The molecule has 2 N–H and O–H groups in total. The second-order valence-electron chi connectivity index (χ2n) is 3.47. The third kappa shape index (κ3) is 7.78. The quantitative estimate of drug-likeness (QED) is 0.610. The van der Waals surface area contributed by atoms with E-state index in [0.717, 1.165) is 6.54 Å². The zero-order valence-corrected chi connectivity index (χ0v) is 8.68. The van der Waals surface area contributed by atoms with E-state index in [1.807, 2.05) is 0 Å². The van der Waals surface area contributed by atoms with Crippen LogP contribution in [0.3, 0.4) is 0 Å². The predicted octanol–water partition coefficient (Wildman–Crippen LogP) is 1.88. The number of nitrogens with one attached hydrogen (secondary N) is 1. The molecule has 0 aromatic rings. The van der Waals surface area contributed by atoms with Crippen LogP contribution in [0.4, 0.5) is 0 Å². The van der Waals surface area contributed by atoms with Gasteiger partial charge >= 0.3 is 5.97 Å². The van der Waals surface area contributed by atoms with Gasteiger partial charge in [-0.3, -0.25) is 4.79 Å². The first-order valence-electron chi connectivity index (χ1n) is 5.13. The maximum atomic E-state index is 10.2. The van der Waals surface area contributed by atoms with Crippen molar-refractivity contribution in [2.24, 2.45) is 5.92 Å². The van der Waals surface area contributed by atoms with E-state index in [2.05, 4.69) is 19.2 Å². The van der Waals surface area contributed by atoms with Crippen LogP contribution in [-0.4, -0.2) is 24.2 Å². The summed E-state index contributed by atoms with van der Waals surface area (Å²) in [5.41, 5.74) is 0. The summed E-state index contributed by atoms with van der Waals surface area (Å²) in [6.45, 7) is 5.26. The molecule has 0 spiro atoms. The molecule has 0 amide bonds. The minimum atomic E-state index is -0.772. The number of hydrogen-bond donors (Lipinski definition) is 2. The molecule has 0 bridgehead atoms. The van der Waals surface area contributed by atoms with Crippen molar-refractivity contribution in [2.45, 2.75) is 39.5 Å². The molecule has 3 heteroatoms. The zero-order valence-electron chi connectivity index (χ0n) is 8.68. The Morgan fingerprint density at radius 3 is 2.23 bits per heavy atom. The molecule has 78 valence electrons. The van der Waals surface area contributed by atoms with E-state index in [9.17, 15) is 4.79 Å². The van der Waals surface area contributed by atoms with Crippen LogP contribution in [0, 0.1) is 5.92 Å². The van der Waals surface area contributed by atoms with Crippen LogP contribution in [0.15, 0.2) is 0 Å². The van der Waals surface area contributed by atoms with Crippen molar-refractivity contribution in [3.63, 3.8) is 0 Å². The van der Waals surface area contributed by atoms with Gasteiger partial charge in [0.2, 0.25) is 0 Å². The Hall–Kier alpha value is -0.570. The van der Waals surface area contributed by atoms with E-state index >= 15 is 0 Å². The fourth-order valence-corrected chi connectivity index (χ4v) is 1.55. The summed E-state index contributed by atoms with van der Waals surface area (Å²) in [6, 6.07) is 0. The Labute approximate surface area is 80.5 Å². The fourth-order valence-electron chi connectivity index (χ4n) is 1.55. The van der Waals surface area contributed by atoms with Crippen molar-refractivity contribution in [3.8, 4) is 0 Å². The summed E-state index contributed by atoms with van der Waals surface area (Å²) in [5.74, 6) is -0.124. The average molecular weight is 187 g/mol. The van der Waals surface area contributed by atoms with Gasteiger partial charge in [-0.1, -0.05) is 26.7 Å². The first-order chi connectivity index (χ1) is 6.20. The number of carboxylic acid groups (broad SMARTS) is 1. The van der Waals surface area contributed by atoms with Crippen LogP contribution in [-0.2, 0) is 4.79 Å². The number of rotatable bonds is 8. The maximum Gasteiger partial charge on any atom is 0.317 e. The first kappa shape index (κ1) is 12.4. The molecule has 0 aromatic carbocycles. The van der Waals surface area contributed by atoms with Crippen molar-refractivity contribution in [1.29, 1.82) is 0 Å². The van der Waals surface area contributed by atoms with E-state index in [-0.39, 0.29) is 6.54 Å². The van der Waals surface area contributed by atoms with Crippen molar-refractivity contribution in [3.05, 3.63) is 0 Å². The Kier molecular flexibility index (Phi) is 7.69. The molecule has 0 aliphatic carbocycles. The molecular formula is C10H21NO2. The average Bonchev–Trinajstić information content (AvgIpc) is 2.04. The Morgan fingerprint density at radius 1 is 1.31 bits per heavy atom. The molecule has 3 nitrogen and oxygen atoms in total. The Balaban J connectivity index is 3.49. The first-order valence-corrected chi connectivity index (χ1v) is 5.13. The van der Waals surface area contributed by atoms with Crippen LogP contribution < -0.4 is 5.32 Å². The number of aliphatic carboxylic acids is 1. The molecule has 0 heterocycles. The highest BCUT2D eigenvalue weighted by atomic mass is 16.4. The van der Waals surface area contributed by atoms with Gasteiger partial charge in [-0.15, -0.1) is 0 Å². The summed E-state index contributed by atoms with van der Waals surface area (Å²) < 4.78 is 0. The maximum absolute atomic E-state index is 10.2. The van der Waals surface area contributed by atoms with Gasteiger partial charge in [-0.25, -0.2) is 0 Å². The van der Waals surface area contributed by atoms with Crippen molar-refractivity contribution in [1.82, 2.24) is 5.32 Å². The standard InChI is InChI=1S/C10H21NO2/c1-3-5-9(6-4-2)7-11-8-10(12)13/h9,11H,3-8H2,1-2H3,(H,12,13). The third-order valence-corrected chi connectivity index (χ3v) is 2.10. The molecule has 0 aliphatic heterocycles. The second kappa shape index (κ2) is 8.05. The SMILES string of the molecule is CCCC(CCC)CNCC(=O)O. The van der Waals surface area contributed by atoms with Crippen molar-refractivity contribution in [2.75, 3.05) is 13.1 Å². The molecule has 0 unspecified atom stereocenters. The number of carbonyl (C=O) groups is 1.